The SMILES string of the molecule is COc1nc(CCN(C)C)cn([C@@H](CC(C)C)C(=O)N[C@@H](CC(=O)O)c2cc(-c3c(C)cc(F)cc3C)cc(C)c2F)c1=O. The number of nitrogens with zero attached hydrogens (tertiary/aromatic N) is 3. The van der Waals surface area contributed by atoms with Crippen LogP contribution in [0.1, 0.15) is 66.7 Å². The van der Waals surface area contributed by atoms with Crippen molar-refractivity contribution in [3.05, 3.63) is 80.4 Å². The van der Waals surface area contributed by atoms with Crippen LogP contribution >= 0.6 is 0 Å². The maximum absolute atomic E-state index is 15.7. The van der Waals surface area contributed by atoms with Crippen LogP contribution in [0.2, 0.25) is 0 Å². The Morgan fingerprint density at radius 1 is 1.07 bits per heavy atom. The van der Waals surface area contributed by atoms with Crippen molar-refractivity contribution in [2.45, 2.75) is 66.0 Å². The first-order valence-electron chi connectivity index (χ1n) is 14.5. The number of aryl methyl sites for hydroxylation is 3. The second-order valence-corrected chi connectivity index (χ2v) is 11.9. The van der Waals surface area contributed by atoms with Gasteiger partial charge in [0.25, 0.3) is 5.88 Å². The summed E-state index contributed by atoms with van der Waals surface area (Å²) in [5, 5.41) is 12.5. The third-order valence-electron chi connectivity index (χ3n) is 7.43. The van der Waals surface area contributed by atoms with Crippen LogP contribution in [0.25, 0.3) is 11.1 Å². The quantitative estimate of drug-likeness (QED) is 0.275. The molecule has 2 atom stereocenters. The first-order valence-corrected chi connectivity index (χ1v) is 14.5. The molecule has 0 spiro atoms. The van der Waals surface area contributed by atoms with Gasteiger partial charge < -0.3 is 20.1 Å². The zero-order valence-corrected chi connectivity index (χ0v) is 26.6. The lowest BCUT2D eigenvalue weighted by Crippen LogP contribution is -2.41. The summed E-state index contributed by atoms with van der Waals surface area (Å²) in [6.45, 7) is 9.46. The van der Waals surface area contributed by atoms with Crippen molar-refractivity contribution < 1.29 is 28.2 Å². The number of carboxylic acid groups (broad SMARTS) is 1. The van der Waals surface area contributed by atoms with Gasteiger partial charge in [-0.2, -0.15) is 0 Å². The number of carbonyl (C=O) groups is 2. The van der Waals surface area contributed by atoms with E-state index in [1.165, 1.54) is 36.1 Å². The average Bonchev–Trinajstić information content (AvgIpc) is 2.91. The summed E-state index contributed by atoms with van der Waals surface area (Å²) in [6.07, 6.45) is 1.64. The maximum Gasteiger partial charge on any atom is 0.314 e. The molecule has 0 bridgehead atoms. The highest BCUT2D eigenvalue weighted by atomic mass is 19.1. The molecule has 2 N–H and O–H groups in total. The van der Waals surface area contributed by atoms with Crippen molar-refractivity contribution in [2.24, 2.45) is 5.92 Å². The van der Waals surface area contributed by atoms with Gasteiger partial charge in [-0.05, 0) is 99.3 Å². The monoisotopic (exact) mass is 612 g/mol. The third-order valence-corrected chi connectivity index (χ3v) is 7.43. The zero-order chi connectivity index (χ0) is 32.9. The predicted octanol–water partition coefficient (Wildman–Crippen LogP) is 5.15. The summed E-state index contributed by atoms with van der Waals surface area (Å²) in [5.74, 6) is -3.15. The van der Waals surface area contributed by atoms with E-state index in [1.54, 1.807) is 26.8 Å². The van der Waals surface area contributed by atoms with Crippen molar-refractivity contribution >= 4 is 11.9 Å². The molecule has 0 unspecified atom stereocenters. The fourth-order valence-electron chi connectivity index (χ4n) is 5.40. The van der Waals surface area contributed by atoms with Crippen molar-refractivity contribution in [1.29, 1.82) is 0 Å². The maximum atomic E-state index is 15.7. The highest BCUT2D eigenvalue weighted by Gasteiger charge is 2.30. The van der Waals surface area contributed by atoms with Gasteiger partial charge >= 0.3 is 11.5 Å². The van der Waals surface area contributed by atoms with E-state index in [0.29, 0.717) is 40.9 Å². The number of nitrogens with one attached hydrogen (secondary N) is 1. The number of aliphatic carboxylic acids is 1. The third kappa shape index (κ3) is 8.28. The minimum atomic E-state index is -1.26. The molecule has 11 heteroatoms. The molecule has 1 aromatic heterocycles. The summed E-state index contributed by atoms with van der Waals surface area (Å²) >= 11 is 0. The van der Waals surface area contributed by atoms with Crippen molar-refractivity contribution in [1.82, 2.24) is 19.8 Å². The van der Waals surface area contributed by atoms with Gasteiger partial charge in [0.15, 0.2) is 0 Å². The molecule has 0 radical (unpaired) electrons. The number of halogens is 2. The summed E-state index contributed by atoms with van der Waals surface area (Å²) < 4.78 is 36.3. The molecular weight excluding hydrogens is 570 g/mol. The van der Waals surface area contributed by atoms with Gasteiger partial charge in [-0.25, -0.2) is 13.8 Å². The molecule has 3 aromatic rings. The topological polar surface area (TPSA) is 114 Å². The number of rotatable bonds is 13. The number of amides is 1. The first kappa shape index (κ1) is 34.4. The molecular formula is C33H42F2N4O5. The molecule has 0 aliphatic rings. The highest BCUT2D eigenvalue weighted by molar-refractivity contribution is 5.82. The molecule has 3 rings (SSSR count). The molecule has 0 saturated carbocycles. The number of methoxy groups -OCH3 is 1. The number of carboxylic acids is 1. The summed E-state index contributed by atoms with van der Waals surface area (Å²) in [4.78, 5) is 45.6. The van der Waals surface area contributed by atoms with Gasteiger partial charge in [-0.3, -0.25) is 19.0 Å². The van der Waals surface area contributed by atoms with E-state index >= 15 is 4.39 Å². The summed E-state index contributed by atoms with van der Waals surface area (Å²) in [6, 6.07) is 3.56. The van der Waals surface area contributed by atoms with Crippen LogP contribution in [-0.4, -0.2) is 59.2 Å². The lowest BCUT2D eigenvalue weighted by atomic mass is 9.90. The first-order chi connectivity index (χ1) is 20.6. The zero-order valence-electron chi connectivity index (χ0n) is 26.6. The molecule has 238 valence electrons. The van der Waals surface area contributed by atoms with Gasteiger partial charge in [-0.15, -0.1) is 0 Å². The molecule has 2 aromatic carbocycles. The van der Waals surface area contributed by atoms with E-state index < -0.39 is 47.6 Å². The number of carbonyl (C=O) groups excluding carboxylic acids is 1. The van der Waals surface area contributed by atoms with Crippen LogP contribution in [0.4, 0.5) is 8.78 Å². The van der Waals surface area contributed by atoms with Crippen LogP contribution in [0.15, 0.2) is 35.3 Å². The fraction of sp³-hybridized carbons (Fsp3) is 0.455. The Morgan fingerprint density at radius 2 is 1.70 bits per heavy atom. The summed E-state index contributed by atoms with van der Waals surface area (Å²) in [7, 11) is 5.13. The average molecular weight is 613 g/mol. The molecule has 0 aliphatic heterocycles. The van der Waals surface area contributed by atoms with Crippen molar-refractivity contribution in [3.63, 3.8) is 0 Å². The van der Waals surface area contributed by atoms with Gasteiger partial charge in [0.2, 0.25) is 5.91 Å². The van der Waals surface area contributed by atoms with Crippen LogP contribution in [-0.2, 0) is 16.0 Å². The highest BCUT2D eigenvalue weighted by Crippen LogP contribution is 2.34. The predicted molar refractivity (Wildman–Crippen MR) is 165 cm³/mol. The van der Waals surface area contributed by atoms with Crippen molar-refractivity contribution in [2.75, 3.05) is 27.7 Å². The number of hydrogen-bond acceptors (Lipinski definition) is 6. The van der Waals surface area contributed by atoms with Crippen molar-refractivity contribution in [3.8, 4) is 17.0 Å². The molecule has 0 saturated heterocycles. The Labute approximate surface area is 256 Å². The van der Waals surface area contributed by atoms with Crippen LogP contribution < -0.4 is 15.6 Å². The standard InChI is InChI=1S/C33H42F2N4O5/c1-18(2)11-27(39-17-24(9-10-38(6)7)36-32(44-8)33(39)43)31(42)37-26(16-28(40)41)25-15-22(12-21(5)30(25)35)29-19(3)13-23(34)14-20(29)4/h12-15,17-18,26-27H,9-11,16H2,1-8H3,(H,37,42)(H,40,41)/t26-,27-/m0/s1. The van der Waals surface area contributed by atoms with Crippen LogP contribution in [0.5, 0.6) is 5.88 Å². The second-order valence-electron chi connectivity index (χ2n) is 11.9. The Morgan fingerprint density at radius 3 is 2.25 bits per heavy atom. The number of ether oxygens (including phenoxy) is 1. The van der Waals surface area contributed by atoms with Crippen LogP contribution in [0, 0.1) is 38.3 Å². The molecule has 9 nitrogen and oxygen atoms in total. The summed E-state index contributed by atoms with van der Waals surface area (Å²) in [5.41, 5.74) is 2.67. The largest absolute Gasteiger partial charge is 0.481 e. The number of hydrogen-bond donors (Lipinski definition) is 2. The minimum absolute atomic E-state index is 0.0199. The van der Waals surface area contributed by atoms with E-state index in [4.69, 9.17) is 4.74 Å². The second kappa shape index (κ2) is 14.6. The smallest absolute Gasteiger partial charge is 0.314 e. The molecule has 44 heavy (non-hydrogen) atoms. The van der Waals surface area contributed by atoms with Crippen LogP contribution in [0.3, 0.4) is 0 Å². The van der Waals surface area contributed by atoms with Gasteiger partial charge in [-0.1, -0.05) is 13.8 Å². The van der Waals surface area contributed by atoms with E-state index in [2.05, 4.69) is 10.3 Å². The van der Waals surface area contributed by atoms with Gasteiger partial charge in [0.05, 0.1) is 25.3 Å². The van der Waals surface area contributed by atoms with E-state index in [0.717, 1.165) is 0 Å². The molecule has 1 heterocycles. The number of likely N-dealkylation sites (N-methyl/N-ethyl adjacent to an activating group) is 1. The molecule has 0 fully saturated rings. The van der Waals surface area contributed by atoms with E-state index in [1.807, 2.05) is 32.8 Å². The van der Waals surface area contributed by atoms with Gasteiger partial charge in [0.1, 0.15) is 17.7 Å². The normalized spacial score (nSPS) is 12.8. The Balaban J connectivity index is 2.13. The Bertz CT molecular complexity index is 1560. The van der Waals surface area contributed by atoms with Gasteiger partial charge in [0, 0.05) is 24.7 Å². The lowest BCUT2D eigenvalue weighted by Gasteiger charge is -2.26. The Kier molecular flexibility index (Phi) is 11.4. The number of benzene rings is 2. The van der Waals surface area contributed by atoms with E-state index in [-0.39, 0.29) is 29.3 Å². The fourth-order valence-corrected chi connectivity index (χ4v) is 5.40. The minimum Gasteiger partial charge on any atom is -0.481 e. The molecule has 1 amide bonds. The van der Waals surface area contributed by atoms with E-state index in [9.17, 15) is 23.9 Å². The molecule has 0 aliphatic carbocycles. The Hall–Kier alpha value is -4.12. The lowest BCUT2D eigenvalue weighted by molar-refractivity contribution is -0.138. The number of aromatic nitrogens is 2.